The van der Waals surface area contributed by atoms with Gasteiger partial charge >= 0.3 is 0 Å². The van der Waals surface area contributed by atoms with Crippen LogP contribution in [0.3, 0.4) is 0 Å². The van der Waals surface area contributed by atoms with E-state index in [0.717, 1.165) is 24.4 Å². The van der Waals surface area contributed by atoms with Crippen molar-refractivity contribution < 1.29 is 4.79 Å². The zero-order valence-electron chi connectivity index (χ0n) is 11.0. The monoisotopic (exact) mass is 264 g/mol. The van der Waals surface area contributed by atoms with E-state index in [0.29, 0.717) is 6.54 Å². The molecule has 3 nitrogen and oxygen atoms in total. The van der Waals surface area contributed by atoms with E-state index >= 15 is 0 Å². The van der Waals surface area contributed by atoms with Crippen molar-refractivity contribution in [2.24, 2.45) is 0 Å². The molecular weight excluding hydrogens is 244 g/mol. The minimum atomic E-state index is -0.443. The minimum Gasteiger partial charge on any atom is -0.352 e. The molecule has 0 aromatic carbocycles. The molecule has 0 saturated heterocycles. The topological polar surface area (TPSA) is 41.1 Å². The largest absolute Gasteiger partial charge is 0.352 e. The normalized spacial score (nSPS) is 16.2. The Labute approximate surface area is 112 Å². The van der Waals surface area contributed by atoms with E-state index in [4.69, 9.17) is 0 Å². The summed E-state index contributed by atoms with van der Waals surface area (Å²) in [6.07, 6.45) is 3.20. The second-order valence-electron chi connectivity index (χ2n) is 5.10. The van der Waals surface area contributed by atoms with Gasteiger partial charge in [-0.25, -0.2) is 0 Å². The number of thiophene rings is 1. The average Bonchev–Trinajstić information content (AvgIpc) is 2.91. The van der Waals surface area contributed by atoms with Gasteiger partial charge in [0.1, 0.15) is 0 Å². The Morgan fingerprint density at radius 3 is 3.00 bits per heavy atom. The molecule has 2 N–H and O–H groups in total. The molecule has 0 fully saturated rings. The quantitative estimate of drug-likeness (QED) is 0.817. The first-order valence-corrected chi connectivity index (χ1v) is 7.19. The third-order valence-electron chi connectivity index (χ3n) is 3.34. The van der Waals surface area contributed by atoms with Crippen molar-refractivity contribution in [2.45, 2.75) is 25.7 Å². The van der Waals surface area contributed by atoms with Crippen LogP contribution >= 0.6 is 11.3 Å². The van der Waals surface area contributed by atoms with E-state index < -0.39 is 5.41 Å². The van der Waals surface area contributed by atoms with Gasteiger partial charge in [-0.05, 0) is 38.3 Å². The second-order valence-corrected chi connectivity index (χ2v) is 6.05. The molecule has 1 aliphatic heterocycles. The molecule has 98 valence electrons. The highest BCUT2D eigenvalue weighted by Crippen LogP contribution is 2.27. The summed E-state index contributed by atoms with van der Waals surface area (Å²) >= 11 is 1.63. The molecule has 0 spiro atoms. The van der Waals surface area contributed by atoms with Crippen molar-refractivity contribution >= 4 is 17.2 Å². The van der Waals surface area contributed by atoms with Crippen molar-refractivity contribution in [1.82, 2.24) is 10.6 Å². The molecular formula is C14H20N2OS. The summed E-state index contributed by atoms with van der Waals surface area (Å²) in [6.45, 7) is 6.56. The molecule has 18 heavy (non-hydrogen) atoms. The second kappa shape index (κ2) is 5.67. The Morgan fingerprint density at radius 1 is 1.56 bits per heavy atom. The highest BCUT2D eigenvalue weighted by atomic mass is 32.1. The van der Waals surface area contributed by atoms with Crippen LogP contribution in [0.1, 0.15) is 25.1 Å². The molecule has 0 bridgehead atoms. The fourth-order valence-electron chi connectivity index (χ4n) is 1.99. The third-order valence-corrected chi connectivity index (χ3v) is 4.53. The van der Waals surface area contributed by atoms with Crippen LogP contribution in [0.25, 0.3) is 0 Å². The first-order valence-electron chi connectivity index (χ1n) is 6.31. The third kappa shape index (κ3) is 3.00. The van der Waals surface area contributed by atoms with Crippen LogP contribution in [-0.4, -0.2) is 25.5 Å². The molecule has 4 heteroatoms. The summed E-state index contributed by atoms with van der Waals surface area (Å²) in [6, 6.07) is 4.01. The van der Waals surface area contributed by atoms with Crippen molar-refractivity contribution in [3.05, 3.63) is 34.0 Å². The van der Waals surface area contributed by atoms with Crippen LogP contribution < -0.4 is 10.6 Å². The highest BCUT2D eigenvalue weighted by molar-refractivity contribution is 7.10. The smallest absolute Gasteiger partial charge is 0.231 e. The summed E-state index contributed by atoms with van der Waals surface area (Å²) in [5, 5.41) is 8.33. The predicted octanol–water partition coefficient (Wildman–Crippen LogP) is 2.06. The van der Waals surface area contributed by atoms with Crippen LogP contribution in [-0.2, 0) is 10.2 Å². The molecule has 1 amide bonds. The van der Waals surface area contributed by atoms with E-state index in [-0.39, 0.29) is 5.91 Å². The fraction of sp³-hybridized carbons (Fsp3) is 0.500. The number of amides is 1. The molecule has 2 rings (SSSR count). The molecule has 0 radical (unpaired) electrons. The van der Waals surface area contributed by atoms with Gasteiger partial charge in [-0.15, -0.1) is 11.3 Å². The lowest BCUT2D eigenvalue weighted by molar-refractivity contribution is -0.125. The molecule has 0 atom stereocenters. The van der Waals surface area contributed by atoms with Crippen molar-refractivity contribution in [3.8, 4) is 0 Å². The summed E-state index contributed by atoms with van der Waals surface area (Å²) in [5.74, 6) is 0.101. The van der Waals surface area contributed by atoms with Crippen LogP contribution in [0.4, 0.5) is 0 Å². The lowest BCUT2D eigenvalue weighted by atomic mass is 9.90. The number of hydrogen-bond acceptors (Lipinski definition) is 3. The van der Waals surface area contributed by atoms with Gasteiger partial charge in [0.2, 0.25) is 5.91 Å². The van der Waals surface area contributed by atoms with Gasteiger partial charge in [0.15, 0.2) is 0 Å². The van der Waals surface area contributed by atoms with Gasteiger partial charge in [0.25, 0.3) is 0 Å². The van der Waals surface area contributed by atoms with E-state index in [9.17, 15) is 4.79 Å². The molecule has 0 saturated carbocycles. The number of carbonyl (C=O) groups is 1. The van der Waals surface area contributed by atoms with Crippen LogP contribution in [0.5, 0.6) is 0 Å². The molecule has 0 unspecified atom stereocenters. The van der Waals surface area contributed by atoms with Crippen molar-refractivity contribution in [1.29, 1.82) is 0 Å². The fourth-order valence-corrected chi connectivity index (χ4v) is 2.84. The number of rotatable bonds is 4. The summed E-state index contributed by atoms with van der Waals surface area (Å²) in [5.41, 5.74) is 0.880. The van der Waals surface area contributed by atoms with Gasteiger partial charge in [0.05, 0.1) is 5.41 Å². The molecule has 0 aliphatic carbocycles. The van der Waals surface area contributed by atoms with Crippen LogP contribution in [0, 0.1) is 0 Å². The SMILES string of the molecule is CC(C)(C(=O)NCC1=CCNCC1)c1cccs1. The van der Waals surface area contributed by atoms with Gasteiger partial charge in [0, 0.05) is 18.0 Å². The first-order chi connectivity index (χ1) is 8.60. The van der Waals surface area contributed by atoms with E-state index in [1.807, 2.05) is 31.4 Å². The predicted molar refractivity (Wildman–Crippen MR) is 75.9 cm³/mol. The lowest BCUT2D eigenvalue weighted by Crippen LogP contribution is -2.41. The van der Waals surface area contributed by atoms with Crippen LogP contribution in [0.15, 0.2) is 29.2 Å². The summed E-state index contributed by atoms with van der Waals surface area (Å²) in [4.78, 5) is 13.4. The number of carbonyl (C=O) groups excluding carboxylic acids is 1. The van der Waals surface area contributed by atoms with Gasteiger partial charge in [-0.3, -0.25) is 4.79 Å². The molecule has 1 aliphatic rings. The number of hydrogen-bond donors (Lipinski definition) is 2. The lowest BCUT2D eigenvalue weighted by Gasteiger charge is -2.23. The molecule has 1 aromatic heterocycles. The van der Waals surface area contributed by atoms with Crippen molar-refractivity contribution in [3.63, 3.8) is 0 Å². The Balaban J connectivity index is 1.93. The maximum atomic E-state index is 12.3. The molecule has 2 heterocycles. The standard InChI is InChI=1S/C14H20N2OS/c1-14(2,12-4-3-9-18-12)13(17)16-10-11-5-7-15-8-6-11/h3-5,9,15H,6-8,10H2,1-2H3,(H,16,17). The van der Waals surface area contributed by atoms with Gasteiger partial charge in [-0.1, -0.05) is 17.7 Å². The van der Waals surface area contributed by atoms with E-state index in [2.05, 4.69) is 16.7 Å². The average molecular weight is 264 g/mol. The Bertz CT molecular complexity index is 435. The Morgan fingerprint density at radius 2 is 2.39 bits per heavy atom. The van der Waals surface area contributed by atoms with Crippen LogP contribution in [0.2, 0.25) is 0 Å². The number of nitrogens with one attached hydrogen (secondary N) is 2. The Kier molecular flexibility index (Phi) is 4.19. The summed E-state index contributed by atoms with van der Waals surface area (Å²) in [7, 11) is 0. The van der Waals surface area contributed by atoms with Gasteiger partial charge < -0.3 is 10.6 Å². The molecule has 1 aromatic rings. The highest BCUT2D eigenvalue weighted by Gasteiger charge is 2.30. The summed E-state index contributed by atoms with van der Waals surface area (Å²) < 4.78 is 0. The Hall–Kier alpha value is -1.13. The minimum absolute atomic E-state index is 0.101. The zero-order valence-corrected chi connectivity index (χ0v) is 11.8. The maximum Gasteiger partial charge on any atom is 0.231 e. The van der Waals surface area contributed by atoms with E-state index in [1.165, 1.54) is 5.57 Å². The van der Waals surface area contributed by atoms with Crippen molar-refractivity contribution in [2.75, 3.05) is 19.6 Å². The zero-order chi connectivity index (χ0) is 13.0. The van der Waals surface area contributed by atoms with Gasteiger partial charge in [-0.2, -0.15) is 0 Å². The first kappa shape index (κ1) is 13.3. The maximum absolute atomic E-state index is 12.3. The van der Waals surface area contributed by atoms with E-state index in [1.54, 1.807) is 11.3 Å².